The van der Waals surface area contributed by atoms with Crippen molar-refractivity contribution in [1.29, 1.82) is 0 Å². The number of hydrogen-bond acceptors (Lipinski definition) is 4. The molecule has 19 heavy (non-hydrogen) atoms. The van der Waals surface area contributed by atoms with Gasteiger partial charge in [0.1, 0.15) is 0 Å². The number of carboxylic acids is 1. The van der Waals surface area contributed by atoms with Crippen molar-refractivity contribution in [2.75, 3.05) is 0 Å². The van der Waals surface area contributed by atoms with Gasteiger partial charge in [0.25, 0.3) is 0 Å². The number of carboxylic acid groups (broad SMARTS) is 1. The van der Waals surface area contributed by atoms with Crippen LogP contribution in [0.2, 0.25) is 0 Å². The van der Waals surface area contributed by atoms with E-state index in [4.69, 9.17) is 0 Å². The van der Waals surface area contributed by atoms with E-state index in [2.05, 4.69) is 5.10 Å². The molecule has 1 heterocycles. The molecule has 0 N–H and O–H groups in total. The SMILES string of the molecule is CCc1c(C(=O)[O-])c(=O)cnn1-c1ccccc1.[Na+]. The molecule has 6 heteroatoms. The fourth-order valence-electron chi connectivity index (χ4n) is 1.83. The minimum atomic E-state index is -1.47. The smallest absolute Gasteiger partial charge is 0.545 e. The number of nitrogens with zero attached hydrogens (tertiary/aromatic N) is 2. The molecule has 2 rings (SSSR count). The van der Waals surface area contributed by atoms with Gasteiger partial charge in [-0.1, -0.05) is 25.1 Å². The molecule has 0 bridgehead atoms. The second kappa shape index (κ2) is 6.65. The molecule has 0 amide bonds. The third-order valence-electron chi connectivity index (χ3n) is 2.62. The predicted molar refractivity (Wildman–Crippen MR) is 63.5 cm³/mol. The Kier molecular flexibility index (Phi) is 5.47. The summed E-state index contributed by atoms with van der Waals surface area (Å²) in [6.07, 6.45) is 1.37. The van der Waals surface area contributed by atoms with E-state index in [0.29, 0.717) is 17.8 Å². The van der Waals surface area contributed by atoms with Crippen LogP contribution >= 0.6 is 0 Å². The first-order valence-electron chi connectivity index (χ1n) is 5.53. The van der Waals surface area contributed by atoms with Crippen molar-refractivity contribution >= 4 is 5.97 Å². The van der Waals surface area contributed by atoms with Gasteiger partial charge in [0.05, 0.1) is 29.1 Å². The third kappa shape index (κ3) is 3.12. The Morgan fingerprint density at radius 2 is 1.95 bits per heavy atom. The minimum Gasteiger partial charge on any atom is -0.545 e. The molecular formula is C13H11N2NaO3. The van der Waals surface area contributed by atoms with Crippen LogP contribution in [0.4, 0.5) is 0 Å². The monoisotopic (exact) mass is 266 g/mol. The molecule has 0 aliphatic rings. The van der Waals surface area contributed by atoms with E-state index in [1.807, 2.05) is 18.2 Å². The van der Waals surface area contributed by atoms with Crippen molar-refractivity contribution in [3.05, 3.63) is 58.0 Å². The predicted octanol–water partition coefficient (Wildman–Crippen LogP) is -2.84. The summed E-state index contributed by atoms with van der Waals surface area (Å²) in [5.41, 5.74) is 0.0981. The summed E-state index contributed by atoms with van der Waals surface area (Å²) in [6, 6.07) is 9.04. The summed E-state index contributed by atoms with van der Waals surface area (Å²) < 4.78 is 1.45. The molecule has 1 aromatic carbocycles. The molecular weight excluding hydrogens is 255 g/mol. The van der Waals surface area contributed by atoms with Crippen LogP contribution in [0.15, 0.2) is 41.3 Å². The van der Waals surface area contributed by atoms with Crippen LogP contribution in [0.25, 0.3) is 5.69 Å². The quantitative estimate of drug-likeness (QED) is 0.561. The number of aromatic nitrogens is 2. The van der Waals surface area contributed by atoms with E-state index in [0.717, 1.165) is 6.20 Å². The number of hydrogen-bond donors (Lipinski definition) is 0. The zero-order valence-electron chi connectivity index (χ0n) is 10.8. The summed E-state index contributed by atoms with van der Waals surface area (Å²) in [5, 5.41) is 15.0. The molecule has 5 nitrogen and oxygen atoms in total. The average molecular weight is 266 g/mol. The maximum absolute atomic E-state index is 11.5. The van der Waals surface area contributed by atoms with Gasteiger partial charge < -0.3 is 9.90 Å². The van der Waals surface area contributed by atoms with Gasteiger partial charge in [-0.05, 0) is 18.6 Å². The van der Waals surface area contributed by atoms with Gasteiger partial charge in [-0.25, -0.2) is 4.68 Å². The molecule has 0 atom stereocenters. The molecule has 0 aliphatic heterocycles. The number of carbonyl (C=O) groups is 1. The standard InChI is InChI=1S/C13H12N2O3.Na/c1-2-10-12(13(17)18)11(16)8-14-15(10)9-6-4-3-5-7-9;/h3-8H,2H2,1H3,(H,17,18);/q;+1/p-1. The number of rotatable bonds is 3. The van der Waals surface area contributed by atoms with E-state index in [1.54, 1.807) is 19.1 Å². The Morgan fingerprint density at radius 3 is 2.47 bits per heavy atom. The second-order valence-corrected chi connectivity index (χ2v) is 3.72. The summed E-state index contributed by atoms with van der Waals surface area (Å²) >= 11 is 0. The van der Waals surface area contributed by atoms with Crippen molar-refractivity contribution < 1.29 is 39.5 Å². The van der Waals surface area contributed by atoms with E-state index < -0.39 is 11.4 Å². The third-order valence-corrected chi connectivity index (χ3v) is 2.62. The maximum Gasteiger partial charge on any atom is 1.00 e. The zero-order chi connectivity index (χ0) is 13.1. The van der Waals surface area contributed by atoms with Gasteiger partial charge in [0, 0.05) is 0 Å². The molecule has 92 valence electrons. The molecule has 0 radical (unpaired) electrons. The van der Waals surface area contributed by atoms with Crippen LogP contribution in [0.1, 0.15) is 23.0 Å². The van der Waals surface area contributed by atoms with Crippen LogP contribution in [0.5, 0.6) is 0 Å². The summed E-state index contributed by atoms with van der Waals surface area (Å²) in [7, 11) is 0. The first kappa shape index (κ1) is 15.6. The number of carbonyl (C=O) groups excluding carboxylic acids is 1. The van der Waals surface area contributed by atoms with Gasteiger partial charge in [0.15, 0.2) is 0 Å². The maximum atomic E-state index is 11.5. The molecule has 0 saturated carbocycles. The second-order valence-electron chi connectivity index (χ2n) is 3.72. The zero-order valence-corrected chi connectivity index (χ0v) is 12.8. The van der Waals surface area contributed by atoms with Gasteiger partial charge in [-0.3, -0.25) is 4.79 Å². The van der Waals surface area contributed by atoms with Crippen molar-refractivity contribution in [1.82, 2.24) is 9.78 Å². The van der Waals surface area contributed by atoms with Crippen molar-refractivity contribution in [2.24, 2.45) is 0 Å². The molecule has 0 unspecified atom stereocenters. The topological polar surface area (TPSA) is 75.0 Å². The van der Waals surface area contributed by atoms with Gasteiger partial charge >= 0.3 is 29.6 Å². The van der Waals surface area contributed by atoms with E-state index >= 15 is 0 Å². The Bertz CT molecular complexity index is 638. The fourth-order valence-corrected chi connectivity index (χ4v) is 1.83. The Balaban J connectivity index is 0.00000180. The first-order valence-corrected chi connectivity index (χ1v) is 5.53. The van der Waals surface area contributed by atoms with Crippen molar-refractivity contribution in [2.45, 2.75) is 13.3 Å². The summed E-state index contributed by atoms with van der Waals surface area (Å²) in [4.78, 5) is 22.6. The number of aromatic carboxylic acids is 1. The Morgan fingerprint density at radius 1 is 1.32 bits per heavy atom. The fraction of sp³-hybridized carbons (Fsp3) is 0.154. The van der Waals surface area contributed by atoms with Gasteiger partial charge in [-0.2, -0.15) is 5.10 Å². The van der Waals surface area contributed by atoms with E-state index in [-0.39, 0.29) is 35.1 Å². The molecule has 2 aromatic rings. The minimum absolute atomic E-state index is 0. The summed E-state index contributed by atoms with van der Waals surface area (Å²) in [6.45, 7) is 1.77. The van der Waals surface area contributed by atoms with Crippen molar-refractivity contribution in [3.8, 4) is 5.69 Å². The number of benzene rings is 1. The van der Waals surface area contributed by atoms with E-state index in [9.17, 15) is 14.7 Å². The van der Waals surface area contributed by atoms with Crippen LogP contribution < -0.4 is 40.1 Å². The van der Waals surface area contributed by atoms with Gasteiger partial charge in [-0.15, -0.1) is 0 Å². The molecule has 0 fully saturated rings. The molecule has 1 aromatic heterocycles. The number of para-hydroxylation sites is 1. The molecule has 0 aliphatic carbocycles. The Labute approximate surface area is 132 Å². The first-order chi connectivity index (χ1) is 8.65. The Hall–Kier alpha value is -1.43. The van der Waals surface area contributed by atoms with Crippen LogP contribution in [0.3, 0.4) is 0 Å². The van der Waals surface area contributed by atoms with E-state index in [1.165, 1.54) is 4.68 Å². The summed E-state index contributed by atoms with van der Waals surface area (Å²) in [5.74, 6) is -1.47. The molecule has 0 saturated heterocycles. The normalized spacial score (nSPS) is 9.74. The largest absolute Gasteiger partial charge is 1.00 e. The average Bonchev–Trinajstić information content (AvgIpc) is 2.38. The van der Waals surface area contributed by atoms with Crippen LogP contribution in [-0.4, -0.2) is 15.7 Å². The van der Waals surface area contributed by atoms with Crippen LogP contribution in [0, 0.1) is 0 Å². The van der Waals surface area contributed by atoms with Crippen molar-refractivity contribution in [3.63, 3.8) is 0 Å². The molecule has 0 spiro atoms. The van der Waals surface area contributed by atoms with Gasteiger partial charge in [0.2, 0.25) is 5.43 Å². The van der Waals surface area contributed by atoms with Crippen LogP contribution in [-0.2, 0) is 6.42 Å².